The van der Waals surface area contributed by atoms with Crippen molar-refractivity contribution in [3.8, 4) is 11.1 Å². The van der Waals surface area contributed by atoms with Gasteiger partial charge in [0.25, 0.3) is 0 Å². The number of halogens is 3. The Bertz CT molecular complexity index is 1120. The first-order valence-corrected chi connectivity index (χ1v) is 9.63. The number of fused-ring (bicyclic) bond motifs is 1. The van der Waals surface area contributed by atoms with Gasteiger partial charge >= 0.3 is 5.97 Å². The Kier molecular flexibility index (Phi) is 5.35. The van der Waals surface area contributed by atoms with Gasteiger partial charge in [0.2, 0.25) is 0 Å². The number of carbonyl (C=O) groups is 1. The molecule has 3 aromatic carbocycles. The summed E-state index contributed by atoms with van der Waals surface area (Å²) >= 11 is 0. The van der Waals surface area contributed by atoms with Crippen LogP contribution in [0, 0.1) is 17.5 Å². The molecule has 3 aromatic rings. The normalized spacial score (nSPS) is 15.6. The van der Waals surface area contributed by atoms with E-state index in [4.69, 9.17) is 9.84 Å². The van der Waals surface area contributed by atoms with Crippen molar-refractivity contribution >= 4 is 5.97 Å². The third-order valence-corrected chi connectivity index (χ3v) is 5.47. The monoisotopic (exact) mass is 412 g/mol. The van der Waals surface area contributed by atoms with E-state index < -0.39 is 36.1 Å². The molecule has 0 amide bonds. The van der Waals surface area contributed by atoms with E-state index in [1.807, 2.05) is 31.2 Å². The van der Waals surface area contributed by atoms with Crippen LogP contribution in [0.25, 0.3) is 11.1 Å². The first-order valence-electron chi connectivity index (χ1n) is 9.63. The summed E-state index contributed by atoms with van der Waals surface area (Å²) in [4.78, 5) is 12.6. The zero-order valence-electron chi connectivity index (χ0n) is 16.2. The van der Waals surface area contributed by atoms with Gasteiger partial charge in [-0.2, -0.15) is 0 Å². The lowest BCUT2D eigenvalue weighted by atomic mass is 9.90. The second-order valence-electron chi connectivity index (χ2n) is 7.21. The molecule has 0 saturated carbocycles. The summed E-state index contributed by atoms with van der Waals surface area (Å²) in [5.41, 5.74) is 1.35. The molecular formula is C24H19F3O3. The SMILES string of the molecule is CCc1ccc(C2Cc3ccc(-c4ccc(CO)c(F)c4F)c(F)c3C(=O)O2)cc1. The number of cyclic esters (lactones) is 1. The average Bonchev–Trinajstić information content (AvgIpc) is 2.76. The summed E-state index contributed by atoms with van der Waals surface area (Å²) in [6.45, 7) is 1.36. The minimum absolute atomic E-state index is 0.231. The van der Waals surface area contributed by atoms with Crippen LogP contribution in [0.1, 0.15) is 45.6 Å². The van der Waals surface area contributed by atoms with Crippen LogP contribution in [0.15, 0.2) is 48.5 Å². The quantitative estimate of drug-likeness (QED) is 0.593. The van der Waals surface area contributed by atoms with Crippen molar-refractivity contribution < 1.29 is 27.8 Å². The Balaban J connectivity index is 1.72. The van der Waals surface area contributed by atoms with Crippen LogP contribution >= 0.6 is 0 Å². The van der Waals surface area contributed by atoms with Crippen molar-refractivity contribution in [2.75, 3.05) is 0 Å². The zero-order chi connectivity index (χ0) is 21.4. The highest BCUT2D eigenvalue weighted by Crippen LogP contribution is 2.37. The number of aliphatic hydroxyl groups is 1. The van der Waals surface area contributed by atoms with Crippen LogP contribution in [-0.2, 0) is 24.2 Å². The van der Waals surface area contributed by atoms with Crippen LogP contribution in [-0.4, -0.2) is 11.1 Å². The molecule has 0 fully saturated rings. The Morgan fingerprint density at radius 1 is 0.933 bits per heavy atom. The molecule has 0 saturated heterocycles. The lowest BCUT2D eigenvalue weighted by Gasteiger charge is -2.26. The van der Waals surface area contributed by atoms with Crippen LogP contribution in [0.2, 0.25) is 0 Å². The van der Waals surface area contributed by atoms with Crippen molar-refractivity contribution in [3.63, 3.8) is 0 Å². The number of aryl methyl sites for hydroxylation is 1. The largest absolute Gasteiger partial charge is 0.453 e. The smallest absolute Gasteiger partial charge is 0.342 e. The fraction of sp³-hybridized carbons (Fsp3) is 0.208. The second-order valence-corrected chi connectivity index (χ2v) is 7.21. The van der Waals surface area contributed by atoms with E-state index in [0.717, 1.165) is 17.5 Å². The van der Waals surface area contributed by atoms with E-state index in [1.165, 1.54) is 18.2 Å². The Morgan fingerprint density at radius 2 is 1.60 bits per heavy atom. The number of esters is 1. The van der Waals surface area contributed by atoms with Crippen LogP contribution in [0.4, 0.5) is 13.2 Å². The predicted molar refractivity (Wildman–Crippen MR) is 105 cm³/mol. The van der Waals surface area contributed by atoms with Gasteiger partial charge in [0.05, 0.1) is 12.2 Å². The number of hydrogen-bond donors (Lipinski definition) is 1. The van der Waals surface area contributed by atoms with Gasteiger partial charge in [-0.25, -0.2) is 18.0 Å². The molecule has 0 aliphatic carbocycles. The van der Waals surface area contributed by atoms with E-state index in [9.17, 15) is 13.6 Å². The van der Waals surface area contributed by atoms with Crippen molar-refractivity contribution in [2.24, 2.45) is 0 Å². The standard InChI is InChI=1S/C24H19F3O3/c1-2-13-3-5-14(6-4-13)19-11-15-7-9-17(22(26)20(15)24(29)30-19)18-10-8-16(12-28)21(25)23(18)27/h3-10,19,28H,2,11-12H2,1H3. The van der Waals surface area contributed by atoms with Gasteiger partial charge in [-0.1, -0.05) is 55.5 Å². The Labute approximate surface area is 171 Å². The molecule has 6 heteroatoms. The van der Waals surface area contributed by atoms with Gasteiger partial charge in [-0.3, -0.25) is 0 Å². The zero-order valence-corrected chi connectivity index (χ0v) is 16.2. The minimum Gasteiger partial charge on any atom is -0.453 e. The maximum atomic E-state index is 15.2. The van der Waals surface area contributed by atoms with Gasteiger partial charge in [0.15, 0.2) is 11.6 Å². The van der Waals surface area contributed by atoms with Crippen LogP contribution in [0.5, 0.6) is 0 Å². The molecule has 1 atom stereocenters. The van der Waals surface area contributed by atoms with Crippen molar-refractivity contribution in [1.29, 1.82) is 0 Å². The van der Waals surface area contributed by atoms with E-state index in [1.54, 1.807) is 6.07 Å². The minimum atomic E-state index is -1.28. The predicted octanol–water partition coefficient (Wildman–Crippen LogP) is 5.28. The highest BCUT2D eigenvalue weighted by Gasteiger charge is 2.32. The number of rotatable bonds is 4. The summed E-state index contributed by atoms with van der Waals surface area (Å²) in [7, 11) is 0. The molecule has 1 unspecified atom stereocenters. The maximum absolute atomic E-state index is 15.2. The molecule has 1 aliphatic rings. The molecule has 0 aromatic heterocycles. The Morgan fingerprint density at radius 3 is 2.27 bits per heavy atom. The summed E-state index contributed by atoms with van der Waals surface area (Å²) in [6, 6.07) is 12.9. The summed E-state index contributed by atoms with van der Waals surface area (Å²) in [5, 5.41) is 9.06. The molecule has 1 N–H and O–H groups in total. The molecule has 0 radical (unpaired) electrons. The first kappa shape index (κ1) is 20.2. The highest BCUT2D eigenvalue weighted by atomic mass is 19.2. The molecule has 1 aliphatic heterocycles. The number of benzene rings is 3. The first-order chi connectivity index (χ1) is 14.4. The maximum Gasteiger partial charge on any atom is 0.342 e. The van der Waals surface area contributed by atoms with Gasteiger partial charge < -0.3 is 9.84 Å². The molecule has 30 heavy (non-hydrogen) atoms. The lowest BCUT2D eigenvalue weighted by Crippen LogP contribution is -2.23. The molecular weight excluding hydrogens is 393 g/mol. The van der Waals surface area contributed by atoms with E-state index in [-0.39, 0.29) is 28.7 Å². The molecule has 4 rings (SSSR count). The van der Waals surface area contributed by atoms with Crippen molar-refractivity contribution in [1.82, 2.24) is 0 Å². The molecule has 0 spiro atoms. The Hall–Kier alpha value is -3.12. The number of ether oxygens (including phenoxy) is 1. The van der Waals surface area contributed by atoms with Gasteiger partial charge in [-0.15, -0.1) is 0 Å². The van der Waals surface area contributed by atoms with Gasteiger partial charge in [-0.05, 0) is 23.1 Å². The molecule has 0 bridgehead atoms. The number of aliphatic hydroxyl groups excluding tert-OH is 1. The third kappa shape index (κ3) is 3.37. The highest BCUT2D eigenvalue weighted by molar-refractivity contribution is 5.94. The molecule has 3 nitrogen and oxygen atoms in total. The lowest BCUT2D eigenvalue weighted by molar-refractivity contribution is 0.0246. The van der Waals surface area contributed by atoms with Crippen molar-refractivity contribution in [3.05, 3.63) is 93.8 Å². The molecule has 1 heterocycles. The van der Waals surface area contributed by atoms with Crippen LogP contribution in [0.3, 0.4) is 0 Å². The summed E-state index contributed by atoms with van der Waals surface area (Å²) < 4.78 is 49.1. The topological polar surface area (TPSA) is 46.5 Å². The van der Waals surface area contributed by atoms with E-state index >= 15 is 4.39 Å². The number of hydrogen-bond acceptors (Lipinski definition) is 3. The fourth-order valence-electron chi connectivity index (χ4n) is 3.72. The van der Waals surface area contributed by atoms with Gasteiger partial charge in [0.1, 0.15) is 11.9 Å². The summed E-state index contributed by atoms with van der Waals surface area (Å²) in [5.74, 6) is -4.32. The average molecular weight is 412 g/mol. The van der Waals surface area contributed by atoms with Crippen LogP contribution < -0.4 is 0 Å². The fourth-order valence-corrected chi connectivity index (χ4v) is 3.72. The third-order valence-electron chi connectivity index (χ3n) is 5.47. The second kappa shape index (κ2) is 7.95. The van der Waals surface area contributed by atoms with E-state index in [2.05, 4.69) is 0 Å². The number of carbonyl (C=O) groups excluding carboxylic acids is 1. The van der Waals surface area contributed by atoms with Crippen molar-refractivity contribution in [2.45, 2.75) is 32.5 Å². The molecule has 154 valence electrons. The summed E-state index contributed by atoms with van der Waals surface area (Å²) in [6.07, 6.45) is 0.626. The van der Waals surface area contributed by atoms with E-state index in [0.29, 0.717) is 5.56 Å². The van der Waals surface area contributed by atoms with Gasteiger partial charge in [0, 0.05) is 23.1 Å².